The van der Waals surface area contributed by atoms with Crippen molar-refractivity contribution in [3.05, 3.63) is 35.2 Å². The van der Waals surface area contributed by atoms with Gasteiger partial charge in [0.2, 0.25) is 5.89 Å². The molecule has 0 amide bonds. The molecule has 0 aliphatic carbocycles. The van der Waals surface area contributed by atoms with Crippen LogP contribution in [-0.2, 0) is 6.42 Å². The van der Waals surface area contributed by atoms with Crippen LogP contribution in [0.5, 0.6) is 0 Å². The number of rotatable bonds is 2. The molecule has 0 radical (unpaired) electrons. The number of oxazole rings is 1. The summed E-state index contributed by atoms with van der Waals surface area (Å²) in [6, 6.07) is 8.03. The second kappa shape index (κ2) is 3.89. The number of anilines is 1. The predicted octanol–water partition coefficient (Wildman–Crippen LogP) is 3.70. The summed E-state index contributed by atoms with van der Waals surface area (Å²) >= 11 is 1.49. The molecule has 2 aromatic heterocycles. The van der Waals surface area contributed by atoms with Crippen LogP contribution in [-0.4, -0.2) is 4.98 Å². The second-order valence-corrected chi connectivity index (χ2v) is 4.82. The lowest BCUT2D eigenvalue weighted by Gasteiger charge is -1.92. The molecular weight excluding hydrogens is 232 g/mol. The maximum atomic E-state index is 5.87. The van der Waals surface area contributed by atoms with Gasteiger partial charge in [-0.3, -0.25) is 0 Å². The van der Waals surface area contributed by atoms with Crippen molar-refractivity contribution in [2.45, 2.75) is 13.3 Å². The van der Waals surface area contributed by atoms with Gasteiger partial charge in [-0.05, 0) is 35.6 Å². The molecule has 17 heavy (non-hydrogen) atoms. The maximum absolute atomic E-state index is 5.87. The first-order chi connectivity index (χ1) is 8.28. The molecule has 3 nitrogen and oxygen atoms in total. The number of aromatic nitrogens is 1. The van der Waals surface area contributed by atoms with Crippen molar-refractivity contribution in [1.82, 2.24) is 4.98 Å². The average Bonchev–Trinajstić information content (AvgIpc) is 2.93. The van der Waals surface area contributed by atoms with Crippen LogP contribution < -0.4 is 5.73 Å². The normalized spacial score (nSPS) is 11.1. The van der Waals surface area contributed by atoms with Crippen LogP contribution in [0.15, 0.2) is 34.1 Å². The van der Waals surface area contributed by atoms with E-state index in [1.54, 1.807) is 0 Å². The van der Waals surface area contributed by atoms with Gasteiger partial charge in [-0.1, -0.05) is 13.0 Å². The molecular formula is C13H12N2OS. The lowest BCUT2D eigenvalue weighted by atomic mass is 10.1. The number of thiophene rings is 1. The third kappa shape index (κ3) is 1.70. The lowest BCUT2D eigenvalue weighted by Crippen LogP contribution is -1.82. The highest BCUT2D eigenvalue weighted by molar-refractivity contribution is 7.14. The Hall–Kier alpha value is -1.81. The number of benzene rings is 1. The van der Waals surface area contributed by atoms with Crippen LogP contribution in [0, 0.1) is 0 Å². The van der Waals surface area contributed by atoms with E-state index in [1.807, 2.05) is 17.5 Å². The summed E-state index contributed by atoms with van der Waals surface area (Å²) in [5, 5.41) is 2.68. The summed E-state index contributed by atoms with van der Waals surface area (Å²) in [6.45, 7) is 2.12. The van der Waals surface area contributed by atoms with E-state index in [4.69, 9.17) is 10.2 Å². The van der Waals surface area contributed by atoms with Crippen LogP contribution in [0.1, 0.15) is 12.5 Å². The second-order valence-electron chi connectivity index (χ2n) is 3.87. The van der Waals surface area contributed by atoms with E-state index >= 15 is 0 Å². The fourth-order valence-electron chi connectivity index (χ4n) is 1.81. The van der Waals surface area contributed by atoms with Crippen molar-refractivity contribution >= 4 is 27.4 Å². The summed E-state index contributed by atoms with van der Waals surface area (Å²) in [4.78, 5) is 4.48. The number of hydrogen-bond donors (Lipinski definition) is 1. The Bertz CT molecular complexity index is 669. The van der Waals surface area contributed by atoms with Gasteiger partial charge < -0.3 is 10.2 Å². The smallest absolute Gasteiger partial charge is 0.230 e. The minimum Gasteiger partial charge on any atom is -0.436 e. The molecule has 0 saturated heterocycles. The Morgan fingerprint density at radius 1 is 1.35 bits per heavy atom. The minimum absolute atomic E-state index is 0.604. The van der Waals surface area contributed by atoms with Crippen LogP contribution in [0.4, 0.5) is 5.00 Å². The monoisotopic (exact) mass is 244 g/mol. The summed E-state index contributed by atoms with van der Waals surface area (Å²) < 4.78 is 5.71. The molecule has 0 atom stereocenters. The van der Waals surface area contributed by atoms with Gasteiger partial charge >= 0.3 is 0 Å². The van der Waals surface area contributed by atoms with Gasteiger partial charge in [-0.2, -0.15) is 0 Å². The van der Waals surface area contributed by atoms with E-state index in [0.717, 1.165) is 28.1 Å². The number of aryl methyl sites for hydroxylation is 1. The highest BCUT2D eigenvalue weighted by atomic mass is 32.1. The zero-order valence-electron chi connectivity index (χ0n) is 9.43. The van der Waals surface area contributed by atoms with Crippen LogP contribution >= 0.6 is 11.3 Å². The van der Waals surface area contributed by atoms with Gasteiger partial charge in [-0.15, -0.1) is 11.3 Å². The van der Waals surface area contributed by atoms with E-state index in [-0.39, 0.29) is 0 Å². The van der Waals surface area contributed by atoms with E-state index in [0.29, 0.717) is 5.89 Å². The lowest BCUT2D eigenvalue weighted by molar-refractivity contribution is 0.620. The fourth-order valence-corrected chi connectivity index (χ4v) is 2.44. The summed E-state index contributed by atoms with van der Waals surface area (Å²) in [7, 11) is 0. The molecule has 0 spiro atoms. The molecule has 2 heterocycles. The Balaban J connectivity index is 2.17. The van der Waals surface area contributed by atoms with E-state index in [1.165, 1.54) is 16.9 Å². The minimum atomic E-state index is 0.604. The molecule has 3 rings (SSSR count). The van der Waals surface area contributed by atoms with Crippen molar-refractivity contribution < 1.29 is 4.42 Å². The highest BCUT2D eigenvalue weighted by Gasteiger charge is 2.11. The molecule has 0 bridgehead atoms. The first-order valence-electron chi connectivity index (χ1n) is 5.50. The Morgan fingerprint density at radius 3 is 2.94 bits per heavy atom. The molecule has 0 unspecified atom stereocenters. The Morgan fingerprint density at radius 2 is 2.24 bits per heavy atom. The van der Waals surface area contributed by atoms with E-state index in [2.05, 4.69) is 24.0 Å². The molecule has 2 N–H and O–H groups in total. The molecule has 86 valence electrons. The quantitative estimate of drug-likeness (QED) is 0.747. The van der Waals surface area contributed by atoms with Crippen molar-refractivity contribution in [3.63, 3.8) is 0 Å². The van der Waals surface area contributed by atoms with Crippen LogP contribution in [0.25, 0.3) is 22.6 Å². The zero-order chi connectivity index (χ0) is 11.8. The summed E-state index contributed by atoms with van der Waals surface area (Å²) in [5.74, 6) is 0.604. The van der Waals surface area contributed by atoms with Gasteiger partial charge in [0, 0.05) is 0 Å². The molecule has 0 aliphatic heterocycles. The molecule has 3 aromatic rings. The number of fused-ring (bicyclic) bond motifs is 1. The third-order valence-corrected chi connectivity index (χ3v) is 3.53. The SMILES string of the molecule is CCc1ccc2oc(-c3ccsc3N)nc2c1. The number of nitrogen functional groups attached to an aromatic ring is 1. The first-order valence-corrected chi connectivity index (χ1v) is 6.38. The van der Waals surface area contributed by atoms with Crippen LogP contribution in [0.2, 0.25) is 0 Å². The summed E-state index contributed by atoms with van der Waals surface area (Å²) in [5.41, 5.74) is 9.71. The van der Waals surface area contributed by atoms with Crippen molar-refractivity contribution in [2.75, 3.05) is 5.73 Å². The van der Waals surface area contributed by atoms with Gasteiger partial charge in [0.15, 0.2) is 5.58 Å². The average molecular weight is 244 g/mol. The molecule has 0 saturated carbocycles. The number of nitrogens with zero attached hydrogens (tertiary/aromatic N) is 1. The van der Waals surface area contributed by atoms with E-state index in [9.17, 15) is 0 Å². The molecule has 4 heteroatoms. The van der Waals surface area contributed by atoms with Gasteiger partial charge in [0.1, 0.15) is 5.52 Å². The van der Waals surface area contributed by atoms with Crippen molar-refractivity contribution in [3.8, 4) is 11.5 Å². The fraction of sp³-hybridized carbons (Fsp3) is 0.154. The Kier molecular flexibility index (Phi) is 2.37. The third-order valence-electron chi connectivity index (χ3n) is 2.79. The Labute approximate surface area is 103 Å². The zero-order valence-corrected chi connectivity index (χ0v) is 10.3. The van der Waals surface area contributed by atoms with Crippen molar-refractivity contribution in [2.24, 2.45) is 0 Å². The van der Waals surface area contributed by atoms with Gasteiger partial charge in [0.05, 0.1) is 10.6 Å². The van der Waals surface area contributed by atoms with Crippen LogP contribution in [0.3, 0.4) is 0 Å². The van der Waals surface area contributed by atoms with Gasteiger partial charge in [-0.25, -0.2) is 4.98 Å². The molecule has 1 aromatic carbocycles. The predicted molar refractivity (Wildman–Crippen MR) is 71.1 cm³/mol. The number of nitrogens with two attached hydrogens (primary N) is 1. The van der Waals surface area contributed by atoms with Gasteiger partial charge in [0.25, 0.3) is 0 Å². The summed E-state index contributed by atoms with van der Waals surface area (Å²) in [6.07, 6.45) is 0.999. The largest absolute Gasteiger partial charge is 0.436 e. The molecule has 0 fully saturated rings. The highest BCUT2D eigenvalue weighted by Crippen LogP contribution is 2.32. The van der Waals surface area contributed by atoms with Crippen molar-refractivity contribution in [1.29, 1.82) is 0 Å². The standard InChI is InChI=1S/C13H12N2OS/c1-2-8-3-4-11-10(7-8)15-13(16-11)9-5-6-17-12(9)14/h3-7H,2,14H2,1H3. The van der Waals surface area contributed by atoms with E-state index < -0.39 is 0 Å². The topological polar surface area (TPSA) is 52.0 Å². The first kappa shape index (κ1) is 10.4. The maximum Gasteiger partial charge on any atom is 0.230 e. The molecule has 0 aliphatic rings. The number of hydrogen-bond acceptors (Lipinski definition) is 4.